The number of nitrogens with one attached hydrogen (secondary N) is 1. The van der Waals surface area contributed by atoms with Crippen molar-refractivity contribution < 1.29 is 9.59 Å². The van der Waals surface area contributed by atoms with Crippen LogP contribution in [0.3, 0.4) is 0 Å². The van der Waals surface area contributed by atoms with Gasteiger partial charge < -0.3 is 10.2 Å². The highest BCUT2D eigenvalue weighted by molar-refractivity contribution is 6.18. The first-order chi connectivity index (χ1) is 7.19. The number of carbonyl (C=O) groups is 2. The molecule has 0 atom stereocenters. The van der Waals surface area contributed by atoms with Crippen LogP contribution in [0.5, 0.6) is 0 Å². The number of hydrogen-bond acceptors (Lipinski definition) is 3. The molecular weight excluding hydrogens is 239 g/mol. The first-order valence-electron chi connectivity index (χ1n) is 4.58. The molecule has 0 bridgehead atoms. The van der Waals surface area contributed by atoms with Gasteiger partial charge in [0.25, 0.3) is 0 Å². The van der Waals surface area contributed by atoms with Crippen LogP contribution < -0.4 is 5.32 Å². The van der Waals surface area contributed by atoms with Gasteiger partial charge in [0, 0.05) is 31.0 Å². The molecule has 0 saturated heterocycles. The summed E-state index contributed by atoms with van der Waals surface area (Å²) < 4.78 is 0. The minimum absolute atomic E-state index is 0.104. The van der Waals surface area contributed by atoms with Crippen molar-refractivity contribution in [3.8, 4) is 0 Å². The van der Waals surface area contributed by atoms with Crippen molar-refractivity contribution in [2.24, 2.45) is 0 Å². The molecule has 1 amide bonds. The van der Waals surface area contributed by atoms with Crippen LogP contribution in [0.1, 0.15) is 6.42 Å². The summed E-state index contributed by atoms with van der Waals surface area (Å²) in [5.41, 5.74) is 0.482. The van der Waals surface area contributed by atoms with Crippen molar-refractivity contribution in [2.75, 3.05) is 24.8 Å². The highest BCUT2D eigenvalue weighted by Gasteiger charge is 2.23. The van der Waals surface area contributed by atoms with Gasteiger partial charge in [0.1, 0.15) is 0 Å². The number of halogens is 2. The summed E-state index contributed by atoms with van der Waals surface area (Å²) in [6, 6.07) is 0. The van der Waals surface area contributed by atoms with Gasteiger partial charge in [-0.25, -0.2) is 0 Å². The lowest BCUT2D eigenvalue weighted by Crippen LogP contribution is -2.38. The predicted octanol–water partition coefficient (Wildman–Crippen LogP) is 0.696. The van der Waals surface area contributed by atoms with Gasteiger partial charge in [-0.1, -0.05) is 0 Å². The van der Waals surface area contributed by atoms with Crippen molar-refractivity contribution >= 4 is 34.9 Å². The molecule has 4 nitrogen and oxygen atoms in total. The second-order valence-corrected chi connectivity index (χ2v) is 3.82. The van der Waals surface area contributed by atoms with Crippen LogP contribution in [0, 0.1) is 0 Å². The number of Topliss-reactive ketones (excluding diaryl/α,β-unsaturated/α-hetero) is 1. The maximum Gasteiger partial charge on any atom is 0.231 e. The smallest absolute Gasteiger partial charge is 0.231 e. The summed E-state index contributed by atoms with van der Waals surface area (Å²) in [5.74, 6) is 0.361. The van der Waals surface area contributed by atoms with Gasteiger partial charge in [0.2, 0.25) is 5.91 Å². The number of allylic oxidation sites excluding steroid dienone is 1. The van der Waals surface area contributed by atoms with E-state index in [1.165, 1.54) is 6.20 Å². The Bertz CT molecular complexity index is 286. The van der Waals surface area contributed by atoms with E-state index >= 15 is 0 Å². The highest BCUT2D eigenvalue weighted by atomic mass is 35.5. The normalized spacial score (nSPS) is 16.0. The van der Waals surface area contributed by atoms with Gasteiger partial charge in [0.05, 0.1) is 12.1 Å². The van der Waals surface area contributed by atoms with Crippen LogP contribution >= 0.6 is 23.2 Å². The van der Waals surface area contributed by atoms with Crippen molar-refractivity contribution in [3.05, 3.63) is 11.9 Å². The zero-order valence-electron chi connectivity index (χ0n) is 8.13. The maximum atomic E-state index is 11.5. The Morgan fingerprint density at radius 2 is 1.87 bits per heavy atom. The van der Waals surface area contributed by atoms with Gasteiger partial charge in [-0.2, -0.15) is 0 Å². The molecule has 0 aromatic rings. The molecule has 6 heteroatoms. The minimum Gasteiger partial charge on any atom is -0.365 e. The molecule has 1 rings (SSSR count). The fraction of sp³-hybridized carbons (Fsp3) is 0.556. The molecule has 1 aliphatic heterocycles. The molecule has 0 aromatic heterocycles. The van der Waals surface area contributed by atoms with Crippen LogP contribution in [0.25, 0.3) is 0 Å². The number of rotatable bonds is 5. The number of amides is 1. The maximum absolute atomic E-state index is 11.5. The molecule has 0 aliphatic carbocycles. The molecule has 0 aromatic carbocycles. The summed E-state index contributed by atoms with van der Waals surface area (Å²) in [4.78, 5) is 24.2. The van der Waals surface area contributed by atoms with Crippen LogP contribution in [-0.4, -0.2) is 41.4 Å². The molecule has 1 aliphatic rings. The van der Waals surface area contributed by atoms with Crippen LogP contribution in [0.2, 0.25) is 0 Å². The van der Waals surface area contributed by atoms with Crippen molar-refractivity contribution in [1.82, 2.24) is 10.2 Å². The van der Waals surface area contributed by atoms with Crippen molar-refractivity contribution in [1.29, 1.82) is 0 Å². The number of ketones is 1. The second-order valence-electron chi connectivity index (χ2n) is 3.06. The molecule has 0 unspecified atom stereocenters. The lowest BCUT2D eigenvalue weighted by molar-refractivity contribution is -0.127. The molecule has 0 radical (unpaired) electrons. The van der Waals surface area contributed by atoms with E-state index in [0.29, 0.717) is 30.5 Å². The first kappa shape index (κ1) is 12.3. The summed E-state index contributed by atoms with van der Waals surface area (Å²) in [7, 11) is 0. The summed E-state index contributed by atoms with van der Waals surface area (Å²) >= 11 is 11.2. The van der Waals surface area contributed by atoms with Crippen LogP contribution in [0.15, 0.2) is 11.9 Å². The third-order valence-corrected chi connectivity index (χ3v) is 2.36. The van der Waals surface area contributed by atoms with E-state index in [9.17, 15) is 9.59 Å². The van der Waals surface area contributed by atoms with Crippen LogP contribution in [-0.2, 0) is 9.59 Å². The highest BCUT2D eigenvalue weighted by Crippen LogP contribution is 2.11. The third kappa shape index (κ3) is 3.39. The predicted molar refractivity (Wildman–Crippen MR) is 58.9 cm³/mol. The van der Waals surface area contributed by atoms with Gasteiger partial charge in [-0.05, 0) is 0 Å². The Labute approximate surface area is 98.2 Å². The number of hydrogen-bond donors (Lipinski definition) is 1. The zero-order chi connectivity index (χ0) is 11.3. The minimum atomic E-state index is -0.277. The topological polar surface area (TPSA) is 49.4 Å². The van der Waals surface area contributed by atoms with Gasteiger partial charge in [-0.15, -0.1) is 23.2 Å². The Morgan fingerprint density at radius 1 is 1.27 bits per heavy atom. The molecule has 15 heavy (non-hydrogen) atoms. The standard InChI is InChI=1S/C9H12Cl2N2O2/c10-1-3-13(4-2-11)7-6-12-9(15)5-8(7)14/h6H,1-5H2,(H,12,15). The molecule has 1 heterocycles. The van der Waals surface area contributed by atoms with E-state index in [-0.39, 0.29) is 18.1 Å². The van der Waals surface area contributed by atoms with E-state index in [0.717, 1.165) is 0 Å². The molecule has 1 N–H and O–H groups in total. The monoisotopic (exact) mass is 250 g/mol. The lowest BCUT2D eigenvalue weighted by atomic mass is 10.1. The average Bonchev–Trinajstić information content (AvgIpc) is 2.17. The van der Waals surface area contributed by atoms with E-state index in [4.69, 9.17) is 23.2 Å². The molecular formula is C9H12Cl2N2O2. The quantitative estimate of drug-likeness (QED) is 0.578. The summed E-state index contributed by atoms with van der Waals surface area (Å²) in [6.45, 7) is 1.09. The molecule has 0 saturated carbocycles. The molecule has 0 spiro atoms. The fourth-order valence-electron chi connectivity index (χ4n) is 1.34. The van der Waals surface area contributed by atoms with Gasteiger partial charge in [-0.3, -0.25) is 9.59 Å². The van der Waals surface area contributed by atoms with Crippen LogP contribution in [0.4, 0.5) is 0 Å². The second kappa shape index (κ2) is 5.98. The Kier molecular flexibility index (Phi) is 4.91. The largest absolute Gasteiger partial charge is 0.365 e. The van der Waals surface area contributed by atoms with Crippen molar-refractivity contribution in [3.63, 3.8) is 0 Å². The fourth-order valence-corrected chi connectivity index (χ4v) is 1.75. The zero-order valence-corrected chi connectivity index (χ0v) is 9.64. The van der Waals surface area contributed by atoms with Crippen molar-refractivity contribution in [2.45, 2.75) is 6.42 Å². The third-order valence-electron chi connectivity index (χ3n) is 2.03. The van der Waals surface area contributed by atoms with E-state index in [2.05, 4.69) is 5.32 Å². The number of nitrogens with zero attached hydrogens (tertiary/aromatic N) is 1. The Hall–Kier alpha value is -0.740. The Morgan fingerprint density at radius 3 is 2.33 bits per heavy atom. The molecule has 84 valence electrons. The van der Waals surface area contributed by atoms with E-state index in [1.54, 1.807) is 4.90 Å². The Balaban J connectivity index is 2.73. The number of alkyl halides is 2. The SMILES string of the molecule is O=C1CC(=O)C(N(CCCl)CCCl)=CN1. The van der Waals surface area contributed by atoms with E-state index < -0.39 is 0 Å². The number of carbonyl (C=O) groups excluding carboxylic acids is 2. The van der Waals surface area contributed by atoms with Gasteiger partial charge in [0.15, 0.2) is 5.78 Å². The lowest BCUT2D eigenvalue weighted by Gasteiger charge is -2.26. The van der Waals surface area contributed by atoms with E-state index in [1.807, 2.05) is 0 Å². The molecule has 0 fully saturated rings. The summed E-state index contributed by atoms with van der Waals surface area (Å²) in [6.07, 6.45) is 1.32. The van der Waals surface area contributed by atoms with Gasteiger partial charge >= 0.3 is 0 Å². The average molecular weight is 251 g/mol. The summed E-state index contributed by atoms with van der Waals surface area (Å²) in [5, 5.41) is 2.51. The first-order valence-corrected chi connectivity index (χ1v) is 5.65.